The highest BCUT2D eigenvalue weighted by molar-refractivity contribution is 6.32. The highest BCUT2D eigenvalue weighted by Gasteiger charge is 2.22. The first-order valence-electron chi connectivity index (χ1n) is 6.53. The van der Waals surface area contributed by atoms with Gasteiger partial charge in [-0.2, -0.15) is 0 Å². The molecule has 0 spiro atoms. The Bertz CT molecular complexity index is 619. The smallest absolute Gasteiger partial charge is 0.142 e. The summed E-state index contributed by atoms with van der Waals surface area (Å²) in [6.07, 6.45) is -0.455. The Hall–Kier alpha value is -1.78. The Morgan fingerprint density at radius 1 is 1.14 bits per heavy atom. The van der Waals surface area contributed by atoms with Crippen LogP contribution in [0.4, 0.5) is 4.39 Å². The maximum Gasteiger partial charge on any atom is 0.142 e. The highest BCUT2D eigenvalue weighted by Crippen LogP contribution is 2.34. The lowest BCUT2D eigenvalue weighted by atomic mass is 10.0. The summed E-state index contributed by atoms with van der Waals surface area (Å²) in [6.45, 7) is 1.83. The van der Waals surface area contributed by atoms with Crippen molar-refractivity contribution in [1.82, 2.24) is 0 Å². The van der Waals surface area contributed by atoms with Crippen LogP contribution in [-0.2, 0) is 0 Å². The summed E-state index contributed by atoms with van der Waals surface area (Å²) >= 11 is 6.00. The summed E-state index contributed by atoms with van der Waals surface area (Å²) in [5, 5.41) is 0.204. The Morgan fingerprint density at radius 3 is 2.48 bits per heavy atom. The average Bonchev–Trinajstić information content (AvgIpc) is 2.46. The standard InChI is InChI=1S/C16H17ClFNO2/c1-10(19)16(12-5-3-4-6-14(12)20-2)21-15-8-7-11(18)9-13(15)17/h3-10,16H,19H2,1-2H3. The maximum atomic E-state index is 13.1. The van der Waals surface area contributed by atoms with E-state index < -0.39 is 11.9 Å². The zero-order valence-corrected chi connectivity index (χ0v) is 12.6. The van der Waals surface area contributed by atoms with Crippen LogP contribution in [0.15, 0.2) is 42.5 Å². The van der Waals surface area contributed by atoms with E-state index in [4.69, 9.17) is 26.8 Å². The molecule has 0 aliphatic rings. The van der Waals surface area contributed by atoms with Crippen molar-refractivity contribution in [2.24, 2.45) is 5.73 Å². The molecule has 3 nitrogen and oxygen atoms in total. The number of para-hydroxylation sites is 1. The fourth-order valence-electron chi connectivity index (χ4n) is 2.06. The molecule has 112 valence electrons. The Balaban J connectivity index is 2.36. The summed E-state index contributed by atoms with van der Waals surface area (Å²) < 4.78 is 24.3. The predicted molar refractivity (Wildman–Crippen MR) is 81.4 cm³/mol. The van der Waals surface area contributed by atoms with Crippen molar-refractivity contribution < 1.29 is 13.9 Å². The third-order valence-corrected chi connectivity index (χ3v) is 3.37. The molecule has 0 saturated heterocycles. The molecule has 0 aromatic heterocycles. The van der Waals surface area contributed by atoms with Crippen LogP contribution >= 0.6 is 11.6 Å². The van der Waals surface area contributed by atoms with Gasteiger partial charge in [0.25, 0.3) is 0 Å². The van der Waals surface area contributed by atoms with Gasteiger partial charge < -0.3 is 15.2 Å². The summed E-state index contributed by atoms with van der Waals surface area (Å²) in [5.41, 5.74) is 6.84. The molecule has 0 radical (unpaired) electrons. The number of benzene rings is 2. The van der Waals surface area contributed by atoms with E-state index in [1.165, 1.54) is 18.2 Å². The van der Waals surface area contributed by atoms with E-state index in [0.717, 1.165) is 5.56 Å². The molecule has 0 aliphatic carbocycles. The van der Waals surface area contributed by atoms with E-state index >= 15 is 0 Å². The second kappa shape index (κ2) is 6.78. The van der Waals surface area contributed by atoms with E-state index in [1.54, 1.807) is 7.11 Å². The molecule has 0 aliphatic heterocycles. The molecule has 2 unspecified atom stereocenters. The first-order chi connectivity index (χ1) is 10.0. The average molecular weight is 310 g/mol. The topological polar surface area (TPSA) is 44.5 Å². The van der Waals surface area contributed by atoms with Gasteiger partial charge in [-0.25, -0.2) is 4.39 Å². The van der Waals surface area contributed by atoms with Crippen molar-refractivity contribution in [3.8, 4) is 11.5 Å². The fraction of sp³-hybridized carbons (Fsp3) is 0.250. The number of rotatable bonds is 5. The van der Waals surface area contributed by atoms with E-state index in [0.29, 0.717) is 11.5 Å². The van der Waals surface area contributed by atoms with Gasteiger partial charge in [-0.3, -0.25) is 0 Å². The normalized spacial score (nSPS) is 13.6. The first-order valence-corrected chi connectivity index (χ1v) is 6.91. The minimum absolute atomic E-state index is 0.204. The molecule has 0 bridgehead atoms. The number of hydrogen-bond acceptors (Lipinski definition) is 3. The van der Waals surface area contributed by atoms with Gasteiger partial charge in [0.05, 0.1) is 12.1 Å². The van der Waals surface area contributed by atoms with Crippen LogP contribution in [0.3, 0.4) is 0 Å². The molecule has 0 heterocycles. The molecule has 5 heteroatoms. The Morgan fingerprint density at radius 2 is 1.86 bits per heavy atom. The van der Waals surface area contributed by atoms with Crippen LogP contribution in [0.1, 0.15) is 18.6 Å². The van der Waals surface area contributed by atoms with Gasteiger partial charge in [-0.1, -0.05) is 29.8 Å². The molecule has 2 aromatic carbocycles. The SMILES string of the molecule is COc1ccccc1C(Oc1ccc(F)cc1Cl)C(C)N. The molecule has 0 amide bonds. The van der Waals surface area contributed by atoms with Gasteiger partial charge in [0, 0.05) is 11.6 Å². The molecule has 2 N–H and O–H groups in total. The summed E-state index contributed by atoms with van der Waals surface area (Å²) in [6, 6.07) is 11.1. The molecule has 2 rings (SSSR count). The van der Waals surface area contributed by atoms with E-state index in [2.05, 4.69) is 0 Å². The second-order valence-corrected chi connectivity index (χ2v) is 5.12. The number of nitrogens with two attached hydrogens (primary N) is 1. The van der Waals surface area contributed by atoms with Gasteiger partial charge in [0.1, 0.15) is 23.4 Å². The summed E-state index contributed by atoms with van der Waals surface area (Å²) in [4.78, 5) is 0. The quantitative estimate of drug-likeness (QED) is 0.909. The van der Waals surface area contributed by atoms with Crippen LogP contribution < -0.4 is 15.2 Å². The van der Waals surface area contributed by atoms with Crippen molar-refractivity contribution in [3.05, 3.63) is 58.9 Å². The van der Waals surface area contributed by atoms with Gasteiger partial charge in [0.15, 0.2) is 0 Å². The van der Waals surface area contributed by atoms with Crippen LogP contribution in [0.2, 0.25) is 5.02 Å². The monoisotopic (exact) mass is 309 g/mol. The molecular weight excluding hydrogens is 293 g/mol. The van der Waals surface area contributed by atoms with E-state index in [9.17, 15) is 4.39 Å². The van der Waals surface area contributed by atoms with Crippen LogP contribution in [0, 0.1) is 5.82 Å². The van der Waals surface area contributed by atoms with Crippen molar-refractivity contribution in [3.63, 3.8) is 0 Å². The van der Waals surface area contributed by atoms with Crippen LogP contribution in [-0.4, -0.2) is 13.2 Å². The fourth-order valence-corrected chi connectivity index (χ4v) is 2.27. The summed E-state index contributed by atoms with van der Waals surface area (Å²) in [5.74, 6) is 0.645. The Labute approximate surface area is 128 Å². The zero-order chi connectivity index (χ0) is 15.4. The van der Waals surface area contributed by atoms with Gasteiger partial charge in [-0.15, -0.1) is 0 Å². The maximum absolute atomic E-state index is 13.1. The molecule has 0 saturated carbocycles. The zero-order valence-electron chi connectivity index (χ0n) is 11.8. The number of methoxy groups -OCH3 is 1. The summed E-state index contributed by atoms with van der Waals surface area (Å²) in [7, 11) is 1.59. The predicted octanol–water partition coefficient (Wildman–Crippen LogP) is 3.96. The second-order valence-electron chi connectivity index (χ2n) is 4.71. The van der Waals surface area contributed by atoms with E-state index in [-0.39, 0.29) is 11.1 Å². The molecule has 2 aromatic rings. The molecule has 2 atom stereocenters. The first kappa shape index (κ1) is 15.6. The van der Waals surface area contributed by atoms with Gasteiger partial charge >= 0.3 is 0 Å². The van der Waals surface area contributed by atoms with Crippen LogP contribution in [0.5, 0.6) is 11.5 Å². The van der Waals surface area contributed by atoms with E-state index in [1.807, 2.05) is 31.2 Å². The largest absolute Gasteiger partial charge is 0.496 e. The molecule has 21 heavy (non-hydrogen) atoms. The van der Waals surface area contributed by atoms with Crippen molar-refractivity contribution in [1.29, 1.82) is 0 Å². The minimum atomic E-state index is -0.455. The number of ether oxygens (including phenoxy) is 2. The third-order valence-electron chi connectivity index (χ3n) is 3.07. The molecular formula is C16H17ClFNO2. The molecule has 0 fully saturated rings. The highest BCUT2D eigenvalue weighted by atomic mass is 35.5. The van der Waals surface area contributed by atoms with Crippen molar-refractivity contribution >= 4 is 11.6 Å². The van der Waals surface area contributed by atoms with Crippen molar-refractivity contribution in [2.75, 3.05) is 7.11 Å². The third kappa shape index (κ3) is 3.65. The Kier molecular flexibility index (Phi) is 5.04. The van der Waals surface area contributed by atoms with Gasteiger partial charge in [-0.05, 0) is 31.2 Å². The lowest BCUT2D eigenvalue weighted by molar-refractivity contribution is 0.176. The van der Waals surface area contributed by atoms with Gasteiger partial charge in [0.2, 0.25) is 0 Å². The number of hydrogen-bond donors (Lipinski definition) is 1. The number of halogens is 2. The van der Waals surface area contributed by atoms with Crippen LogP contribution in [0.25, 0.3) is 0 Å². The minimum Gasteiger partial charge on any atom is -0.496 e. The lowest BCUT2D eigenvalue weighted by Gasteiger charge is -2.25. The lowest BCUT2D eigenvalue weighted by Crippen LogP contribution is -2.29. The van der Waals surface area contributed by atoms with Crippen molar-refractivity contribution in [2.45, 2.75) is 19.1 Å².